The van der Waals surface area contributed by atoms with Gasteiger partial charge in [0, 0.05) is 5.57 Å². The van der Waals surface area contributed by atoms with Gasteiger partial charge in [-0.3, -0.25) is 0 Å². The lowest BCUT2D eigenvalue weighted by Crippen LogP contribution is -2.39. The van der Waals surface area contributed by atoms with Crippen LogP contribution in [0.4, 0.5) is 0 Å². The third kappa shape index (κ3) is 1.43. The summed E-state index contributed by atoms with van der Waals surface area (Å²) in [5, 5.41) is 0. The summed E-state index contributed by atoms with van der Waals surface area (Å²) < 4.78 is 5.45. The first-order valence-corrected chi connectivity index (χ1v) is 6.27. The van der Waals surface area contributed by atoms with Crippen LogP contribution < -0.4 is 0 Å². The molecule has 0 radical (unpaired) electrons. The molecule has 3 unspecified atom stereocenters. The van der Waals surface area contributed by atoms with Gasteiger partial charge < -0.3 is 4.74 Å². The SMILES string of the molecule is C=C1CC=CC2(C)CC3OC(=O)C(C)=C3CC12. The summed E-state index contributed by atoms with van der Waals surface area (Å²) in [7, 11) is 0. The van der Waals surface area contributed by atoms with Crippen LogP contribution in [0.15, 0.2) is 35.5 Å². The zero-order valence-electron chi connectivity index (χ0n) is 10.5. The molecule has 1 heterocycles. The Labute approximate surface area is 102 Å². The maximum Gasteiger partial charge on any atom is 0.334 e. The van der Waals surface area contributed by atoms with E-state index in [0.29, 0.717) is 5.92 Å². The van der Waals surface area contributed by atoms with Crippen LogP contribution in [0.5, 0.6) is 0 Å². The molecule has 0 N–H and O–H groups in total. The number of carbonyl (C=O) groups excluding carboxylic acids is 1. The summed E-state index contributed by atoms with van der Waals surface area (Å²) in [6.07, 6.45) is 7.35. The zero-order valence-corrected chi connectivity index (χ0v) is 10.5. The molecule has 0 spiro atoms. The molecule has 0 aromatic carbocycles. The highest BCUT2D eigenvalue weighted by Gasteiger charge is 2.47. The lowest BCUT2D eigenvalue weighted by molar-refractivity contribution is -0.141. The molecule has 2 nitrogen and oxygen atoms in total. The number of fused-ring (bicyclic) bond motifs is 2. The van der Waals surface area contributed by atoms with Gasteiger partial charge in [-0.15, -0.1) is 0 Å². The lowest BCUT2D eigenvalue weighted by atomic mass is 9.60. The molecular formula is C15H18O2. The van der Waals surface area contributed by atoms with Gasteiger partial charge in [0.05, 0.1) is 0 Å². The van der Waals surface area contributed by atoms with E-state index in [0.717, 1.165) is 24.8 Å². The highest BCUT2D eigenvalue weighted by atomic mass is 16.5. The second-order valence-corrected chi connectivity index (χ2v) is 5.78. The van der Waals surface area contributed by atoms with Gasteiger partial charge in [-0.05, 0) is 43.1 Å². The van der Waals surface area contributed by atoms with Crippen LogP contribution in [0.2, 0.25) is 0 Å². The Bertz CT molecular complexity index is 469. The molecule has 17 heavy (non-hydrogen) atoms. The van der Waals surface area contributed by atoms with Crippen molar-refractivity contribution in [3.63, 3.8) is 0 Å². The Morgan fingerprint density at radius 3 is 3.06 bits per heavy atom. The maximum atomic E-state index is 11.6. The van der Waals surface area contributed by atoms with Crippen LogP contribution in [-0.2, 0) is 9.53 Å². The quantitative estimate of drug-likeness (QED) is 0.472. The number of esters is 1. The van der Waals surface area contributed by atoms with E-state index in [-0.39, 0.29) is 17.5 Å². The van der Waals surface area contributed by atoms with Crippen LogP contribution in [0, 0.1) is 11.3 Å². The van der Waals surface area contributed by atoms with E-state index < -0.39 is 0 Å². The minimum atomic E-state index is -0.123. The minimum Gasteiger partial charge on any atom is -0.454 e. The second kappa shape index (κ2) is 3.34. The third-order valence-corrected chi connectivity index (χ3v) is 4.64. The van der Waals surface area contributed by atoms with E-state index in [2.05, 4.69) is 25.7 Å². The molecule has 3 aliphatic rings. The molecule has 2 aliphatic carbocycles. The fraction of sp³-hybridized carbons (Fsp3) is 0.533. The summed E-state index contributed by atoms with van der Waals surface area (Å²) in [4.78, 5) is 11.6. The van der Waals surface area contributed by atoms with Gasteiger partial charge in [-0.2, -0.15) is 0 Å². The van der Waals surface area contributed by atoms with Crippen molar-refractivity contribution in [3.8, 4) is 0 Å². The van der Waals surface area contributed by atoms with Crippen molar-refractivity contribution in [3.05, 3.63) is 35.5 Å². The van der Waals surface area contributed by atoms with Crippen molar-refractivity contribution in [1.29, 1.82) is 0 Å². The minimum absolute atomic E-state index is 0.0132. The first-order chi connectivity index (χ1) is 8.01. The molecule has 2 heteroatoms. The molecule has 90 valence electrons. The van der Waals surface area contributed by atoms with E-state index in [1.54, 1.807) is 0 Å². The second-order valence-electron chi connectivity index (χ2n) is 5.78. The monoisotopic (exact) mass is 230 g/mol. The summed E-state index contributed by atoms with van der Waals surface area (Å²) in [6.45, 7) is 8.35. The predicted octanol–water partition coefficient (Wildman–Crippen LogP) is 3.16. The number of allylic oxidation sites excluding steroid dienone is 3. The Kier molecular flexibility index (Phi) is 2.13. The lowest BCUT2D eigenvalue weighted by Gasteiger charge is -2.45. The van der Waals surface area contributed by atoms with Gasteiger partial charge in [0.2, 0.25) is 0 Å². The molecule has 1 saturated carbocycles. The zero-order chi connectivity index (χ0) is 12.2. The summed E-state index contributed by atoms with van der Waals surface area (Å²) in [6, 6.07) is 0. The standard InChI is InChI=1S/C15H18O2/c1-9-5-4-6-15(3)8-13-11(7-12(9)15)10(2)14(16)17-13/h4,6,12-13H,1,5,7-8H2,2-3H3. The van der Waals surface area contributed by atoms with Crippen molar-refractivity contribution in [2.75, 3.05) is 0 Å². The summed E-state index contributed by atoms with van der Waals surface area (Å²) >= 11 is 0. The first-order valence-electron chi connectivity index (χ1n) is 6.27. The number of hydrogen-bond acceptors (Lipinski definition) is 2. The fourth-order valence-corrected chi connectivity index (χ4v) is 3.52. The number of hydrogen-bond donors (Lipinski definition) is 0. The molecule has 0 amide bonds. The van der Waals surface area contributed by atoms with E-state index in [1.807, 2.05) is 6.92 Å². The van der Waals surface area contributed by atoms with E-state index in [4.69, 9.17) is 4.74 Å². The van der Waals surface area contributed by atoms with Gasteiger partial charge in [0.15, 0.2) is 0 Å². The van der Waals surface area contributed by atoms with Crippen molar-refractivity contribution in [1.82, 2.24) is 0 Å². The molecule has 3 rings (SSSR count). The Morgan fingerprint density at radius 1 is 1.53 bits per heavy atom. The van der Waals surface area contributed by atoms with Crippen molar-refractivity contribution < 1.29 is 9.53 Å². The maximum absolute atomic E-state index is 11.6. The van der Waals surface area contributed by atoms with Gasteiger partial charge >= 0.3 is 5.97 Å². The van der Waals surface area contributed by atoms with Gasteiger partial charge in [0.1, 0.15) is 6.10 Å². The van der Waals surface area contributed by atoms with E-state index in [9.17, 15) is 4.79 Å². The van der Waals surface area contributed by atoms with Crippen LogP contribution in [-0.4, -0.2) is 12.1 Å². The fourth-order valence-electron chi connectivity index (χ4n) is 3.52. The van der Waals surface area contributed by atoms with Gasteiger partial charge in [-0.1, -0.05) is 31.2 Å². The van der Waals surface area contributed by atoms with E-state index >= 15 is 0 Å². The Balaban J connectivity index is 2.01. The molecule has 0 aromatic heterocycles. The van der Waals surface area contributed by atoms with Crippen LogP contribution in [0.25, 0.3) is 0 Å². The molecule has 0 bridgehead atoms. The molecular weight excluding hydrogens is 212 g/mol. The highest BCUT2D eigenvalue weighted by molar-refractivity contribution is 5.91. The third-order valence-electron chi connectivity index (χ3n) is 4.64. The van der Waals surface area contributed by atoms with Crippen molar-refractivity contribution in [2.24, 2.45) is 11.3 Å². The number of rotatable bonds is 0. The smallest absolute Gasteiger partial charge is 0.334 e. The average molecular weight is 230 g/mol. The highest BCUT2D eigenvalue weighted by Crippen LogP contribution is 2.53. The summed E-state index contributed by atoms with van der Waals surface area (Å²) in [5.74, 6) is 0.352. The molecule has 3 atom stereocenters. The van der Waals surface area contributed by atoms with Crippen molar-refractivity contribution in [2.45, 2.75) is 39.2 Å². The van der Waals surface area contributed by atoms with Gasteiger partial charge in [-0.25, -0.2) is 4.79 Å². The Morgan fingerprint density at radius 2 is 2.29 bits per heavy atom. The number of ether oxygens (including phenoxy) is 1. The molecule has 1 aliphatic heterocycles. The van der Waals surface area contributed by atoms with Crippen LogP contribution in [0.3, 0.4) is 0 Å². The largest absolute Gasteiger partial charge is 0.454 e. The van der Waals surface area contributed by atoms with Crippen molar-refractivity contribution >= 4 is 5.97 Å². The molecule has 1 fully saturated rings. The molecule has 0 aromatic rings. The first kappa shape index (κ1) is 10.8. The van der Waals surface area contributed by atoms with E-state index in [1.165, 1.54) is 11.1 Å². The summed E-state index contributed by atoms with van der Waals surface area (Å²) in [5.41, 5.74) is 3.47. The Hall–Kier alpha value is -1.31. The predicted molar refractivity (Wildman–Crippen MR) is 66.3 cm³/mol. The average Bonchev–Trinajstić information content (AvgIpc) is 2.52. The normalized spacial score (nSPS) is 40.1. The number of carbonyl (C=O) groups is 1. The van der Waals surface area contributed by atoms with Crippen LogP contribution in [0.1, 0.15) is 33.1 Å². The van der Waals surface area contributed by atoms with Crippen LogP contribution >= 0.6 is 0 Å². The molecule has 0 saturated heterocycles. The van der Waals surface area contributed by atoms with Gasteiger partial charge in [0.25, 0.3) is 0 Å². The topological polar surface area (TPSA) is 26.3 Å².